The molecule has 2 aromatic carbocycles. The Labute approximate surface area is 164 Å². The van der Waals surface area contributed by atoms with Crippen molar-refractivity contribution in [3.8, 4) is 0 Å². The van der Waals surface area contributed by atoms with Gasteiger partial charge >= 0.3 is 0 Å². The number of benzene rings is 2. The molecule has 8 nitrogen and oxygen atoms in total. The van der Waals surface area contributed by atoms with E-state index in [0.29, 0.717) is 18.7 Å². The molecule has 0 aliphatic rings. The quantitative estimate of drug-likeness (QED) is 0.491. The zero-order valence-corrected chi connectivity index (χ0v) is 16.5. The molecule has 2 N–H and O–H groups in total. The van der Waals surface area contributed by atoms with E-state index in [4.69, 9.17) is 0 Å². The number of carbonyl (C=O) groups is 1. The van der Waals surface area contributed by atoms with Gasteiger partial charge in [-0.3, -0.25) is 14.9 Å². The first-order chi connectivity index (χ1) is 13.2. The average Bonchev–Trinajstić information content (AvgIpc) is 2.65. The number of hydrogen-bond acceptors (Lipinski definition) is 5. The average molecular weight is 405 g/mol. The number of nitro groups is 1. The Morgan fingerprint density at radius 1 is 1.14 bits per heavy atom. The second-order valence-electron chi connectivity index (χ2n) is 6.75. The number of nitrogens with zero attached hydrogens (tertiary/aromatic N) is 1. The van der Waals surface area contributed by atoms with E-state index < -0.39 is 14.9 Å². The molecule has 0 saturated carbocycles. The monoisotopic (exact) mass is 405 g/mol. The van der Waals surface area contributed by atoms with Crippen LogP contribution in [0.4, 0.5) is 11.4 Å². The van der Waals surface area contributed by atoms with Gasteiger partial charge in [0.15, 0.2) is 0 Å². The Bertz CT molecular complexity index is 940. The van der Waals surface area contributed by atoms with E-state index in [2.05, 4.69) is 10.0 Å². The van der Waals surface area contributed by atoms with Crippen molar-refractivity contribution in [2.24, 2.45) is 5.92 Å². The van der Waals surface area contributed by atoms with Crippen LogP contribution in [0.15, 0.2) is 53.4 Å². The molecule has 0 unspecified atom stereocenters. The molecular weight excluding hydrogens is 382 g/mol. The minimum atomic E-state index is -3.54. The third-order valence-electron chi connectivity index (χ3n) is 3.90. The third kappa shape index (κ3) is 6.43. The van der Waals surface area contributed by atoms with Crippen molar-refractivity contribution >= 4 is 27.3 Å². The van der Waals surface area contributed by atoms with E-state index in [1.807, 2.05) is 13.8 Å². The number of rotatable bonds is 9. The lowest BCUT2D eigenvalue weighted by atomic mass is 10.1. The van der Waals surface area contributed by atoms with Crippen LogP contribution in [0, 0.1) is 16.0 Å². The van der Waals surface area contributed by atoms with E-state index >= 15 is 0 Å². The summed E-state index contributed by atoms with van der Waals surface area (Å²) in [4.78, 5) is 22.5. The number of non-ortho nitro benzene ring substituents is 1. The smallest absolute Gasteiger partial charge is 0.271 e. The second-order valence-corrected chi connectivity index (χ2v) is 8.51. The number of nitro benzene ring substituents is 1. The van der Waals surface area contributed by atoms with Gasteiger partial charge in [0.25, 0.3) is 5.69 Å². The third-order valence-corrected chi connectivity index (χ3v) is 5.34. The first-order valence-corrected chi connectivity index (χ1v) is 10.3. The molecule has 0 spiro atoms. The molecular formula is C19H23N3O5S. The molecule has 0 radical (unpaired) electrons. The van der Waals surface area contributed by atoms with E-state index in [9.17, 15) is 23.3 Å². The summed E-state index contributed by atoms with van der Waals surface area (Å²) in [6.45, 7) is 4.20. The molecule has 0 fully saturated rings. The van der Waals surface area contributed by atoms with E-state index in [-0.39, 0.29) is 28.8 Å². The fourth-order valence-corrected chi connectivity index (χ4v) is 3.59. The summed E-state index contributed by atoms with van der Waals surface area (Å²) < 4.78 is 26.9. The van der Waals surface area contributed by atoms with Crippen molar-refractivity contribution in [1.29, 1.82) is 0 Å². The number of amides is 1. The summed E-state index contributed by atoms with van der Waals surface area (Å²) in [6, 6.07) is 12.1. The molecule has 0 saturated heterocycles. The maximum Gasteiger partial charge on any atom is 0.271 e. The highest BCUT2D eigenvalue weighted by atomic mass is 32.2. The van der Waals surface area contributed by atoms with Gasteiger partial charge in [0.05, 0.1) is 9.82 Å². The van der Waals surface area contributed by atoms with Crippen molar-refractivity contribution in [3.63, 3.8) is 0 Å². The van der Waals surface area contributed by atoms with Gasteiger partial charge in [0, 0.05) is 30.8 Å². The van der Waals surface area contributed by atoms with Crippen LogP contribution in [0.25, 0.3) is 0 Å². The number of anilines is 1. The molecule has 0 heterocycles. The van der Waals surface area contributed by atoms with Crippen LogP contribution < -0.4 is 10.0 Å². The second kappa shape index (κ2) is 9.43. The minimum Gasteiger partial charge on any atom is -0.326 e. The largest absolute Gasteiger partial charge is 0.326 e. The first-order valence-electron chi connectivity index (χ1n) is 8.80. The van der Waals surface area contributed by atoms with Crippen molar-refractivity contribution in [2.45, 2.75) is 31.6 Å². The predicted octanol–water partition coefficient (Wildman–Crippen LogP) is 3.10. The molecule has 0 bridgehead atoms. The van der Waals surface area contributed by atoms with Gasteiger partial charge in [0.2, 0.25) is 15.9 Å². The van der Waals surface area contributed by atoms with Crippen LogP contribution in [-0.2, 0) is 21.2 Å². The summed E-state index contributed by atoms with van der Waals surface area (Å²) in [5, 5.41) is 13.4. The minimum absolute atomic E-state index is 0.0966. The van der Waals surface area contributed by atoms with Crippen LogP contribution in [-0.4, -0.2) is 25.8 Å². The van der Waals surface area contributed by atoms with Crippen molar-refractivity contribution < 1.29 is 18.1 Å². The number of aryl methyl sites for hydroxylation is 1. The van der Waals surface area contributed by atoms with Crippen molar-refractivity contribution in [2.75, 3.05) is 11.9 Å². The maximum absolute atomic E-state index is 12.2. The Hall–Kier alpha value is -2.78. The lowest BCUT2D eigenvalue weighted by Crippen LogP contribution is -2.27. The number of nitrogens with one attached hydrogen (secondary N) is 2. The van der Waals surface area contributed by atoms with Crippen LogP contribution in [0.1, 0.15) is 25.8 Å². The lowest BCUT2D eigenvalue weighted by Gasteiger charge is -2.09. The summed E-state index contributed by atoms with van der Waals surface area (Å²) in [6.07, 6.45) is 0.584. The number of sulfonamides is 1. The highest BCUT2D eigenvalue weighted by Crippen LogP contribution is 2.18. The van der Waals surface area contributed by atoms with Gasteiger partial charge in [-0.25, -0.2) is 13.1 Å². The van der Waals surface area contributed by atoms with E-state index in [1.54, 1.807) is 18.2 Å². The SMILES string of the molecule is CC(C)CNS(=O)(=O)c1ccc(CCC(=O)Nc2cccc([N+](=O)[O-])c2)cc1. The van der Waals surface area contributed by atoms with Crippen LogP contribution >= 0.6 is 0 Å². The van der Waals surface area contributed by atoms with E-state index in [0.717, 1.165) is 5.56 Å². The molecule has 9 heteroatoms. The standard InChI is InChI=1S/C19H23N3O5S/c1-14(2)13-20-28(26,27)18-9-6-15(7-10-18)8-11-19(23)21-16-4-3-5-17(12-16)22(24)25/h3-7,9-10,12,14,20H,8,11,13H2,1-2H3,(H,21,23). The first kappa shape index (κ1) is 21.5. The van der Waals surface area contributed by atoms with Gasteiger partial charge in [-0.1, -0.05) is 32.0 Å². The van der Waals surface area contributed by atoms with E-state index in [1.165, 1.54) is 30.3 Å². The molecule has 0 atom stereocenters. The van der Waals surface area contributed by atoms with Gasteiger partial charge < -0.3 is 5.32 Å². The molecule has 0 aliphatic carbocycles. The van der Waals surface area contributed by atoms with Crippen LogP contribution in [0.3, 0.4) is 0 Å². The topological polar surface area (TPSA) is 118 Å². The van der Waals surface area contributed by atoms with Crippen molar-refractivity contribution in [1.82, 2.24) is 4.72 Å². The highest BCUT2D eigenvalue weighted by Gasteiger charge is 2.14. The van der Waals surface area contributed by atoms with Gasteiger partial charge in [-0.2, -0.15) is 0 Å². The zero-order chi connectivity index (χ0) is 20.7. The molecule has 28 heavy (non-hydrogen) atoms. The van der Waals surface area contributed by atoms with Gasteiger partial charge in [-0.05, 0) is 36.1 Å². The normalized spacial score (nSPS) is 11.4. The zero-order valence-electron chi connectivity index (χ0n) is 15.7. The Balaban J connectivity index is 1.91. The lowest BCUT2D eigenvalue weighted by molar-refractivity contribution is -0.384. The molecule has 1 amide bonds. The number of carbonyl (C=O) groups excluding carboxylic acids is 1. The van der Waals surface area contributed by atoms with Crippen LogP contribution in [0.2, 0.25) is 0 Å². The fourth-order valence-electron chi connectivity index (χ4n) is 2.37. The molecule has 2 aromatic rings. The Morgan fingerprint density at radius 3 is 2.43 bits per heavy atom. The molecule has 2 rings (SSSR count). The summed E-state index contributed by atoms with van der Waals surface area (Å²) in [5.74, 6) is -0.0746. The maximum atomic E-state index is 12.2. The molecule has 0 aromatic heterocycles. The molecule has 0 aliphatic heterocycles. The number of hydrogen-bond donors (Lipinski definition) is 2. The molecule has 150 valence electrons. The van der Waals surface area contributed by atoms with Crippen molar-refractivity contribution in [3.05, 3.63) is 64.2 Å². The van der Waals surface area contributed by atoms with Crippen LogP contribution in [0.5, 0.6) is 0 Å². The van der Waals surface area contributed by atoms with Gasteiger partial charge in [0.1, 0.15) is 0 Å². The highest BCUT2D eigenvalue weighted by molar-refractivity contribution is 7.89. The van der Waals surface area contributed by atoms with Gasteiger partial charge in [-0.15, -0.1) is 0 Å². The Morgan fingerprint density at radius 2 is 1.82 bits per heavy atom. The summed E-state index contributed by atoms with van der Waals surface area (Å²) in [5.41, 5.74) is 1.08. The fraction of sp³-hybridized carbons (Fsp3) is 0.316. The summed E-state index contributed by atoms with van der Waals surface area (Å²) >= 11 is 0. The Kier molecular flexibility index (Phi) is 7.24. The predicted molar refractivity (Wildman–Crippen MR) is 107 cm³/mol. The summed E-state index contributed by atoms with van der Waals surface area (Å²) in [7, 11) is -3.54.